The molecule has 0 amide bonds. The summed E-state index contributed by atoms with van der Waals surface area (Å²) < 4.78 is 43.9. The Morgan fingerprint density at radius 2 is 0.349 bits per heavy atom. The molecule has 9 rings (SSSR count). The Morgan fingerprint density at radius 1 is 0.221 bits per heavy atom. The maximum atomic E-state index is 18.9. The third-order valence-electron chi connectivity index (χ3n) is 22.8. The lowest BCUT2D eigenvalue weighted by Crippen LogP contribution is -2.24. The monoisotopic (exact) mass is 1200 g/mol. The number of hydrogen-bond donors (Lipinski definition) is 0. The van der Waals surface area contributed by atoms with Crippen molar-refractivity contribution in [2.24, 2.45) is 0 Å². The van der Waals surface area contributed by atoms with E-state index in [1.165, 1.54) is 226 Å². The average Bonchev–Trinajstić information content (AvgIpc) is 0.823. The minimum atomic E-state index is -4.76. The highest BCUT2D eigenvalue weighted by molar-refractivity contribution is 7.49. The number of phosphoric ester groups is 1. The molecule has 3 aromatic carbocycles. The smallest absolute Gasteiger partial charge is 0.385 e. The van der Waals surface area contributed by atoms with E-state index in [9.17, 15) is 0 Å². The van der Waals surface area contributed by atoms with Gasteiger partial charge in [-0.2, -0.15) is 4.57 Å². The van der Waals surface area contributed by atoms with Crippen LogP contribution in [0.5, 0.6) is 17.2 Å². The van der Waals surface area contributed by atoms with Crippen LogP contribution in [0.4, 0.5) is 0 Å². The molecule has 0 radical (unpaired) electrons. The van der Waals surface area contributed by atoms with Crippen LogP contribution in [0.2, 0.25) is 0 Å². The fourth-order valence-electron chi connectivity index (χ4n) is 19.5. The van der Waals surface area contributed by atoms with Gasteiger partial charge in [0.1, 0.15) is 17.2 Å². The number of benzene rings is 3. The number of hydrogen-bond acceptors (Lipinski definition) is 4. The molecule has 6 aliphatic carbocycles. The zero-order valence-corrected chi connectivity index (χ0v) is 59.8. The summed E-state index contributed by atoms with van der Waals surface area (Å²) >= 11 is 0. The average molecular weight is 1200 g/mol. The molecule has 0 spiro atoms. The Labute approximate surface area is 529 Å². The minimum Gasteiger partial charge on any atom is -0.385 e. The van der Waals surface area contributed by atoms with Crippen LogP contribution < -0.4 is 13.6 Å². The SMILES string of the molecule is CC(C)c1c(OP(=O)(Oc2c(C(C)C)c(C3CCCCC3)c(C(C)C)c(C3CCCCC3)c2C(C)C)Oc2c(C(C)C)c(C3CCCCC3)c(C(C)C)c(C3CCCCC3)c2C(C)C)c(C(C)C)c(C2CCCCC2)c(C(C)C)c1C1CCCCC1. The third-order valence-corrected chi connectivity index (χ3v) is 24.1. The molecule has 6 saturated carbocycles. The van der Waals surface area contributed by atoms with Gasteiger partial charge in [-0.25, -0.2) is 0 Å². The molecule has 0 heterocycles. The quantitative estimate of drug-likeness (QED) is 0.0997. The van der Waals surface area contributed by atoms with E-state index in [4.69, 9.17) is 13.6 Å². The highest BCUT2D eigenvalue weighted by Gasteiger charge is 2.47. The van der Waals surface area contributed by atoms with Gasteiger partial charge in [-0.15, -0.1) is 0 Å². The van der Waals surface area contributed by atoms with Gasteiger partial charge in [0.2, 0.25) is 0 Å². The zero-order valence-electron chi connectivity index (χ0n) is 59.0. The molecule has 0 N–H and O–H groups in total. The summed E-state index contributed by atoms with van der Waals surface area (Å²) in [5.74, 6) is 7.00. The van der Waals surface area contributed by atoms with Gasteiger partial charge >= 0.3 is 7.82 Å². The first-order chi connectivity index (χ1) is 41.1. The van der Waals surface area contributed by atoms with Gasteiger partial charge < -0.3 is 13.6 Å². The Balaban J connectivity index is 1.48. The third kappa shape index (κ3) is 14.2. The van der Waals surface area contributed by atoms with E-state index in [0.717, 1.165) is 17.2 Å². The van der Waals surface area contributed by atoms with Gasteiger partial charge in [0.05, 0.1) is 0 Å². The Kier molecular flexibility index (Phi) is 23.4. The first-order valence-corrected chi connectivity index (χ1v) is 38.9. The van der Waals surface area contributed by atoms with Gasteiger partial charge in [-0.1, -0.05) is 240 Å². The van der Waals surface area contributed by atoms with Crippen LogP contribution >= 0.6 is 7.82 Å². The fraction of sp³-hybridized carbons (Fsp3) is 0.778. The van der Waals surface area contributed by atoms with Crippen molar-refractivity contribution in [2.75, 3.05) is 0 Å². The standard InChI is InChI=1S/C81H129O4P/c1-49(2)64-73(58-37-25-19-26-38-58)67(52(7)8)79(68(53(9)10)74(64)59-39-27-20-28-40-59)83-86(82,84-80-69(54(11)12)75(60-41-29-21-30-42-60)65(50(3)4)76(70(80)55(13)14)61-43-31-22-32-44-61)85-81-71(56(15)16)77(62-45-33-23-34-46-62)66(51(5)6)78(72(81)57(17)18)63-47-35-24-36-48-63/h49-63H,19-48H2,1-18H3. The number of phosphoric acid groups is 1. The topological polar surface area (TPSA) is 44.8 Å². The summed E-state index contributed by atoms with van der Waals surface area (Å²) in [5.41, 5.74) is 21.8. The highest BCUT2D eigenvalue weighted by atomic mass is 31.2. The summed E-state index contributed by atoms with van der Waals surface area (Å²) in [6.07, 6.45) is 37.3. The molecule has 3 aromatic rings. The van der Waals surface area contributed by atoms with Crippen molar-refractivity contribution in [3.05, 3.63) is 83.5 Å². The molecule has 4 nitrogen and oxygen atoms in total. The molecule has 0 aromatic heterocycles. The van der Waals surface area contributed by atoms with Crippen LogP contribution in [-0.2, 0) is 4.57 Å². The summed E-state index contributed by atoms with van der Waals surface area (Å²) in [4.78, 5) is 0. The van der Waals surface area contributed by atoms with Gasteiger partial charge in [-0.05, 0) is 216 Å². The normalized spacial score (nSPS) is 20.2. The minimum absolute atomic E-state index is 0.128. The van der Waals surface area contributed by atoms with Gasteiger partial charge in [0.25, 0.3) is 0 Å². The lowest BCUT2D eigenvalue weighted by atomic mass is 9.68. The molecule has 0 bridgehead atoms. The van der Waals surface area contributed by atoms with Crippen molar-refractivity contribution in [3.8, 4) is 17.2 Å². The summed E-state index contributed by atoms with van der Waals surface area (Å²) in [6.45, 7) is 44.0. The molecule has 5 heteroatoms. The fourth-order valence-corrected chi connectivity index (χ4v) is 20.8. The van der Waals surface area contributed by atoms with Crippen LogP contribution in [0, 0.1) is 0 Å². The van der Waals surface area contributed by atoms with E-state index in [0.29, 0.717) is 53.3 Å². The largest absolute Gasteiger partial charge is 0.647 e. The molecule has 6 aliphatic rings. The van der Waals surface area contributed by atoms with Crippen LogP contribution in [0.15, 0.2) is 0 Å². The Bertz CT molecular complexity index is 2310. The predicted octanol–water partition coefficient (Wildman–Crippen LogP) is 27.7. The molecule has 0 atom stereocenters. The van der Waals surface area contributed by atoms with Crippen molar-refractivity contribution in [1.29, 1.82) is 0 Å². The van der Waals surface area contributed by atoms with E-state index >= 15 is 4.57 Å². The summed E-state index contributed by atoms with van der Waals surface area (Å²) in [5, 5.41) is 0. The molecular formula is C81H129O4P. The van der Waals surface area contributed by atoms with Crippen LogP contribution in [0.3, 0.4) is 0 Å². The summed E-state index contributed by atoms with van der Waals surface area (Å²) in [7, 11) is -4.76. The first-order valence-electron chi connectivity index (χ1n) is 37.5. The van der Waals surface area contributed by atoms with Crippen LogP contribution in [0.25, 0.3) is 0 Å². The van der Waals surface area contributed by atoms with E-state index in [1.54, 1.807) is 50.1 Å². The van der Waals surface area contributed by atoms with E-state index in [-0.39, 0.29) is 35.5 Å². The second-order valence-electron chi connectivity index (χ2n) is 32.3. The van der Waals surface area contributed by atoms with Gasteiger partial charge in [-0.3, -0.25) is 0 Å². The Morgan fingerprint density at radius 3 is 0.465 bits per heavy atom. The van der Waals surface area contributed by atoms with Crippen molar-refractivity contribution in [1.82, 2.24) is 0 Å². The Hall–Kier alpha value is -2.71. The van der Waals surface area contributed by atoms with E-state index < -0.39 is 7.82 Å². The molecule has 0 aliphatic heterocycles. The highest BCUT2D eigenvalue weighted by Crippen LogP contribution is 2.64. The van der Waals surface area contributed by atoms with Gasteiger partial charge in [0.15, 0.2) is 0 Å². The van der Waals surface area contributed by atoms with Crippen LogP contribution in [-0.4, -0.2) is 0 Å². The maximum absolute atomic E-state index is 18.9. The van der Waals surface area contributed by atoms with Crippen molar-refractivity contribution < 1.29 is 18.1 Å². The maximum Gasteiger partial charge on any atom is 0.647 e. The molecule has 86 heavy (non-hydrogen) atoms. The molecular weight excluding hydrogens is 1070 g/mol. The molecule has 0 unspecified atom stereocenters. The van der Waals surface area contributed by atoms with Crippen molar-refractivity contribution in [3.63, 3.8) is 0 Å². The predicted molar refractivity (Wildman–Crippen MR) is 371 cm³/mol. The first kappa shape index (κ1) is 67.7. The molecule has 6 fully saturated rings. The summed E-state index contributed by atoms with van der Waals surface area (Å²) in [6, 6.07) is 0. The van der Waals surface area contributed by atoms with E-state index in [1.807, 2.05) is 0 Å². The zero-order chi connectivity index (χ0) is 61.9. The van der Waals surface area contributed by atoms with Crippen molar-refractivity contribution in [2.45, 2.75) is 406 Å². The lowest BCUT2D eigenvalue weighted by Gasteiger charge is -2.40. The molecule has 0 saturated heterocycles. The van der Waals surface area contributed by atoms with Gasteiger partial charge in [0, 0.05) is 33.4 Å². The lowest BCUT2D eigenvalue weighted by molar-refractivity contribution is 0.287. The molecule has 482 valence electrons. The van der Waals surface area contributed by atoms with Crippen LogP contribution in [0.1, 0.15) is 489 Å². The van der Waals surface area contributed by atoms with Crippen molar-refractivity contribution >= 4 is 7.82 Å². The second kappa shape index (κ2) is 29.7. The van der Waals surface area contributed by atoms with E-state index in [2.05, 4.69) is 125 Å². The second-order valence-corrected chi connectivity index (χ2v) is 33.8. The number of rotatable bonds is 21.